The first-order valence-electron chi connectivity index (χ1n) is 7.61. The number of aromatic nitrogens is 4. The molecule has 3 heterocycles. The molecule has 6 heteroatoms. The minimum Gasteiger partial charge on any atom is -0.363 e. The molecule has 118 valence electrons. The number of hydrogen-bond acceptors (Lipinski definition) is 6. The topological polar surface area (TPSA) is 63.6 Å². The molecular weight excluding hydrogens is 306 g/mol. The van der Waals surface area contributed by atoms with E-state index in [1.807, 2.05) is 25.1 Å². The first kappa shape index (κ1) is 15.6. The molecule has 0 fully saturated rings. The lowest BCUT2D eigenvalue weighted by Gasteiger charge is -2.08. The molecular formula is C17H19N5S. The third-order valence-corrected chi connectivity index (χ3v) is 4.65. The van der Waals surface area contributed by atoms with Crippen LogP contribution < -0.4 is 5.32 Å². The van der Waals surface area contributed by atoms with Crippen molar-refractivity contribution < 1.29 is 0 Å². The summed E-state index contributed by atoms with van der Waals surface area (Å²) in [6.07, 6.45) is 4.38. The number of aryl methyl sites for hydroxylation is 3. The summed E-state index contributed by atoms with van der Waals surface area (Å²) in [7, 11) is 0. The van der Waals surface area contributed by atoms with E-state index in [0.29, 0.717) is 6.54 Å². The van der Waals surface area contributed by atoms with E-state index >= 15 is 0 Å². The Morgan fingerprint density at radius 2 is 1.87 bits per heavy atom. The number of nitrogens with zero attached hydrogens (tertiary/aromatic N) is 4. The summed E-state index contributed by atoms with van der Waals surface area (Å²) in [6, 6.07) is 5.84. The van der Waals surface area contributed by atoms with Crippen LogP contribution in [0.1, 0.15) is 28.2 Å². The third-order valence-electron chi connectivity index (χ3n) is 3.57. The largest absolute Gasteiger partial charge is 0.363 e. The van der Waals surface area contributed by atoms with Crippen molar-refractivity contribution in [2.45, 2.75) is 33.7 Å². The molecule has 3 aromatic heterocycles. The number of thiazole rings is 1. The van der Waals surface area contributed by atoms with E-state index in [0.717, 1.165) is 40.0 Å². The minimum atomic E-state index is 0.676. The molecule has 0 bridgehead atoms. The number of anilines is 1. The highest BCUT2D eigenvalue weighted by molar-refractivity contribution is 7.11. The second kappa shape index (κ2) is 6.83. The average Bonchev–Trinajstić information content (AvgIpc) is 2.91. The van der Waals surface area contributed by atoms with Gasteiger partial charge in [-0.05, 0) is 32.4 Å². The van der Waals surface area contributed by atoms with E-state index in [9.17, 15) is 0 Å². The van der Waals surface area contributed by atoms with Crippen LogP contribution in [0.4, 0.5) is 5.82 Å². The summed E-state index contributed by atoms with van der Waals surface area (Å²) in [5, 5.41) is 4.44. The normalized spacial score (nSPS) is 10.7. The quantitative estimate of drug-likeness (QED) is 0.773. The smallest absolute Gasteiger partial charge is 0.161 e. The monoisotopic (exact) mass is 325 g/mol. The molecule has 0 unspecified atom stereocenters. The van der Waals surface area contributed by atoms with Gasteiger partial charge in [0, 0.05) is 34.6 Å². The van der Waals surface area contributed by atoms with Crippen LogP contribution in [-0.2, 0) is 13.0 Å². The predicted octanol–water partition coefficient (Wildman–Crippen LogP) is 3.79. The molecule has 0 amide bonds. The van der Waals surface area contributed by atoms with Crippen LogP contribution in [0.15, 0.2) is 30.6 Å². The van der Waals surface area contributed by atoms with Gasteiger partial charge in [0.05, 0.1) is 12.2 Å². The minimum absolute atomic E-state index is 0.676. The molecule has 1 N–H and O–H groups in total. The summed E-state index contributed by atoms with van der Waals surface area (Å²) in [4.78, 5) is 19.1. The van der Waals surface area contributed by atoms with Gasteiger partial charge in [0.1, 0.15) is 10.8 Å². The molecule has 0 aliphatic rings. The SMILES string of the molecule is CCc1cc(NCc2nc(C)c(C)s2)nc(-c2ccncc2)n1. The van der Waals surface area contributed by atoms with E-state index in [2.05, 4.69) is 39.1 Å². The Balaban J connectivity index is 1.84. The van der Waals surface area contributed by atoms with E-state index in [4.69, 9.17) is 0 Å². The van der Waals surface area contributed by atoms with Gasteiger partial charge in [-0.1, -0.05) is 6.92 Å². The highest BCUT2D eigenvalue weighted by Gasteiger charge is 2.08. The van der Waals surface area contributed by atoms with Gasteiger partial charge in [-0.3, -0.25) is 4.98 Å². The van der Waals surface area contributed by atoms with Gasteiger partial charge in [0.15, 0.2) is 5.82 Å². The standard InChI is InChI=1S/C17H19N5S/c1-4-14-9-15(19-10-16-20-11(2)12(3)23-16)22-17(21-14)13-5-7-18-8-6-13/h5-9H,4,10H2,1-3H3,(H,19,21,22). The Bertz CT molecular complexity index is 778. The molecule has 0 saturated carbocycles. The van der Waals surface area contributed by atoms with Crippen LogP contribution in [0.2, 0.25) is 0 Å². The molecule has 3 aromatic rings. The number of rotatable bonds is 5. The zero-order chi connectivity index (χ0) is 16.2. The highest BCUT2D eigenvalue weighted by atomic mass is 32.1. The molecule has 0 aromatic carbocycles. The molecule has 0 aliphatic carbocycles. The number of pyridine rings is 1. The van der Waals surface area contributed by atoms with Crippen LogP contribution in [-0.4, -0.2) is 19.9 Å². The summed E-state index contributed by atoms with van der Waals surface area (Å²) in [6.45, 7) is 6.90. The Morgan fingerprint density at radius 1 is 1.09 bits per heavy atom. The molecule has 0 spiro atoms. The van der Waals surface area contributed by atoms with Crippen LogP contribution in [0.25, 0.3) is 11.4 Å². The van der Waals surface area contributed by atoms with Crippen molar-refractivity contribution >= 4 is 17.2 Å². The van der Waals surface area contributed by atoms with Crippen molar-refractivity contribution in [1.82, 2.24) is 19.9 Å². The Labute approximate surface area is 139 Å². The molecule has 23 heavy (non-hydrogen) atoms. The lowest BCUT2D eigenvalue weighted by molar-refractivity contribution is 0.987. The van der Waals surface area contributed by atoms with E-state index < -0.39 is 0 Å². The van der Waals surface area contributed by atoms with Crippen molar-refractivity contribution in [3.8, 4) is 11.4 Å². The van der Waals surface area contributed by atoms with Crippen molar-refractivity contribution in [3.63, 3.8) is 0 Å². The Kier molecular flexibility index (Phi) is 4.62. The lowest BCUT2D eigenvalue weighted by Crippen LogP contribution is -2.04. The Morgan fingerprint density at radius 3 is 2.52 bits per heavy atom. The second-order valence-corrected chi connectivity index (χ2v) is 6.55. The molecule has 5 nitrogen and oxygen atoms in total. The summed E-state index contributed by atoms with van der Waals surface area (Å²) in [5.41, 5.74) is 3.08. The van der Waals surface area contributed by atoms with Crippen LogP contribution in [0.5, 0.6) is 0 Å². The van der Waals surface area contributed by atoms with Crippen LogP contribution in [0, 0.1) is 13.8 Å². The number of nitrogens with one attached hydrogen (secondary N) is 1. The van der Waals surface area contributed by atoms with Crippen molar-refractivity contribution in [1.29, 1.82) is 0 Å². The van der Waals surface area contributed by atoms with Gasteiger partial charge >= 0.3 is 0 Å². The molecule has 3 rings (SSSR count). The molecule has 0 radical (unpaired) electrons. The number of hydrogen-bond donors (Lipinski definition) is 1. The van der Waals surface area contributed by atoms with E-state index in [-0.39, 0.29) is 0 Å². The first-order chi connectivity index (χ1) is 11.2. The zero-order valence-electron chi connectivity index (χ0n) is 13.5. The van der Waals surface area contributed by atoms with Gasteiger partial charge in [0.2, 0.25) is 0 Å². The maximum atomic E-state index is 4.62. The Hall–Kier alpha value is -2.34. The summed E-state index contributed by atoms with van der Waals surface area (Å²) < 4.78 is 0. The van der Waals surface area contributed by atoms with Gasteiger partial charge in [-0.15, -0.1) is 11.3 Å². The van der Waals surface area contributed by atoms with Gasteiger partial charge in [-0.25, -0.2) is 15.0 Å². The fourth-order valence-corrected chi connectivity index (χ4v) is 3.05. The second-order valence-electron chi connectivity index (χ2n) is 5.26. The summed E-state index contributed by atoms with van der Waals surface area (Å²) >= 11 is 1.72. The summed E-state index contributed by atoms with van der Waals surface area (Å²) in [5.74, 6) is 1.55. The maximum absolute atomic E-state index is 4.62. The van der Waals surface area contributed by atoms with Crippen LogP contribution >= 0.6 is 11.3 Å². The van der Waals surface area contributed by atoms with Gasteiger partial charge < -0.3 is 5.32 Å². The molecule has 0 saturated heterocycles. The maximum Gasteiger partial charge on any atom is 0.161 e. The van der Waals surface area contributed by atoms with Gasteiger partial charge in [-0.2, -0.15) is 0 Å². The van der Waals surface area contributed by atoms with Crippen molar-refractivity contribution in [2.24, 2.45) is 0 Å². The fourth-order valence-electron chi connectivity index (χ4n) is 2.18. The van der Waals surface area contributed by atoms with E-state index in [1.54, 1.807) is 23.7 Å². The zero-order valence-corrected chi connectivity index (χ0v) is 14.3. The predicted molar refractivity (Wildman–Crippen MR) is 93.6 cm³/mol. The van der Waals surface area contributed by atoms with Crippen LogP contribution in [0.3, 0.4) is 0 Å². The lowest BCUT2D eigenvalue weighted by atomic mass is 10.2. The molecule has 0 aliphatic heterocycles. The van der Waals surface area contributed by atoms with Crippen molar-refractivity contribution in [2.75, 3.05) is 5.32 Å². The van der Waals surface area contributed by atoms with Crippen molar-refractivity contribution in [3.05, 3.63) is 51.9 Å². The molecule has 0 atom stereocenters. The van der Waals surface area contributed by atoms with E-state index in [1.165, 1.54) is 4.88 Å². The first-order valence-corrected chi connectivity index (χ1v) is 8.42. The average molecular weight is 325 g/mol. The fraction of sp³-hybridized carbons (Fsp3) is 0.294. The third kappa shape index (κ3) is 3.71. The van der Waals surface area contributed by atoms with Gasteiger partial charge in [0.25, 0.3) is 0 Å². The highest BCUT2D eigenvalue weighted by Crippen LogP contribution is 2.20.